The van der Waals surface area contributed by atoms with Crippen molar-refractivity contribution in [2.45, 2.75) is 59.0 Å². The Balaban J connectivity index is 2.04. The molecule has 0 amide bonds. The fourth-order valence-electron chi connectivity index (χ4n) is 4.58. The molecule has 4 rings (SSSR count). The standard InChI is InChI=1S/C30H37Si2/c1-8-12-22-17-24-15-16-28(23-13-10-9-11-14-23)30(29(24)18-22)25-19-26(31(2,3)4)21-27(20-25)32(5,6)7/h9-11,13-21H,8,12H2,1-7H3. The molecule has 0 N–H and O–H groups in total. The summed E-state index contributed by atoms with van der Waals surface area (Å²) >= 11 is 0. The molecule has 0 spiro atoms. The number of hydrogen-bond donors (Lipinski definition) is 0. The lowest BCUT2D eigenvalue weighted by Crippen LogP contribution is -2.45. The van der Waals surface area contributed by atoms with Gasteiger partial charge in [-0.1, -0.05) is 135 Å². The SMILES string of the molecule is CCCC1=Cc2c(ccc(-c3ccccc3)c2-c2cc([Si](C)(C)C)cc([Si](C)(C)C)c2)[CH]1. The molecule has 0 bridgehead atoms. The Morgan fingerprint density at radius 2 is 1.31 bits per heavy atom. The van der Waals surface area contributed by atoms with E-state index in [-0.39, 0.29) is 0 Å². The van der Waals surface area contributed by atoms with Crippen molar-refractivity contribution in [3.8, 4) is 22.3 Å². The van der Waals surface area contributed by atoms with E-state index in [0.717, 1.165) is 6.42 Å². The largest absolute Gasteiger partial charge is 0.0776 e. The summed E-state index contributed by atoms with van der Waals surface area (Å²) in [5, 5.41) is 3.15. The van der Waals surface area contributed by atoms with E-state index in [4.69, 9.17) is 0 Å². The molecule has 0 fully saturated rings. The van der Waals surface area contributed by atoms with E-state index in [9.17, 15) is 0 Å². The predicted molar refractivity (Wildman–Crippen MR) is 150 cm³/mol. The van der Waals surface area contributed by atoms with E-state index < -0.39 is 16.1 Å². The van der Waals surface area contributed by atoms with Gasteiger partial charge in [-0.3, -0.25) is 0 Å². The van der Waals surface area contributed by atoms with E-state index in [2.05, 4.69) is 119 Å². The maximum Gasteiger partial charge on any atom is 0.0776 e. The number of hydrogen-bond acceptors (Lipinski definition) is 0. The Bertz CT molecular complexity index is 1120. The summed E-state index contributed by atoms with van der Waals surface area (Å²) in [6.45, 7) is 17.1. The molecule has 1 aliphatic carbocycles. The first-order valence-electron chi connectivity index (χ1n) is 12.0. The van der Waals surface area contributed by atoms with Crippen molar-refractivity contribution in [2.24, 2.45) is 0 Å². The minimum Gasteiger partial charge on any atom is -0.0656 e. The van der Waals surface area contributed by atoms with Crippen molar-refractivity contribution in [3.05, 3.63) is 83.8 Å². The Morgan fingerprint density at radius 1 is 0.688 bits per heavy atom. The number of allylic oxidation sites excluding steroid dienone is 1. The first kappa shape index (κ1) is 23.0. The van der Waals surface area contributed by atoms with E-state index in [1.807, 2.05) is 0 Å². The highest BCUT2D eigenvalue weighted by molar-refractivity contribution is 6.91. The second-order valence-corrected chi connectivity index (χ2v) is 21.4. The smallest absolute Gasteiger partial charge is 0.0656 e. The zero-order valence-corrected chi connectivity index (χ0v) is 22.8. The molecule has 2 heteroatoms. The summed E-state index contributed by atoms with van der Waals surface area (Å²) in [4.78, 5) is 0. The van der Waals surface area contributed by atoms with Crippen LogP contribution in [-0.2, 0) is 0 Å². The molecule has 165 valence electrons. The fraction of sp³-hybridized carbons (Fsp3) is 0.300. The van der Waals surface area contributed by atoms with Crippen LogP contribution in [0.25, 0.3) is 28.3 Å². The van der Waals surface area contributed by atoms with Gasteiger partial charge in [-0.2, -0.15) is 0 Å². The van der Waals surface area contributed by atoms with Crippen LogP contribution in [0.2, 0.25) is 39.3 Å². The van der Waals surface area contributed by atoms with Gasteiger partial charge < -0.3 is 0 Å². The molecule has 0 unspecified atom stereocenters. The molecule has 1 radical (unpaired) electrons. The normalized spacial score (nSPS) is 13.8. The molecular weight excluding hydrogens is 417 g/mol. The minimum atomic E-state index is -1.46. The second kappa shape index (κ2) is 8.64. The van der Waals surface area contributed by atoms with Gasteiger partial charge in [0.15, 0.2) is 0 Å². The molecule has 0 nitrogen and oxygen atoms in total. The summed E-state index contributed by atoms with van der Waals surface area (Å²) < 4.78 is 0. The van der Waals surface area contributed by atoms with Crippen LogP contribution in [0, 0.1) is 6.42 Å². The van der Waals surface area contributed by atoms with Crippen LogP contribution < -0.4 is 10.4 Å². The van der Waals surface area contributed by atoms with Crippen LogP contribution in [0.4, 0.5) is 0 Å². The maximum absolute atomic E-state index is 2.54. The highest BCUT2D eigenvalue weighted by atomic mass is 28.3. The van der Waals surface area contributed by atoms with Crippen LogP contribution in [0.3, 0.4) is 0 Å². The lowest BCUT2D eigenvalue weighted by Gasteiger charge is -2.25. The van der Waals surface area contributed by atoms with E-state index in [1.165, 1.54) is 45.4 Å². The van der Waals surface area contributed by atoms with E-state index in [0.29, 0.717) is 0 Å². The van der Waals surface area contributed by atoms with Gasteiger partial charge in [0.1, 0.15) is 0 Å². The maximum atomic E-state index is 2.54. The zero-order valence-electron chi connectivity index (χ0n) is 20.8. The molecule has 0 heterocycles. The molecule has 32 heavy (non-hydrogen) atoms. The Morgan fingerprint density at radius 3 is 1.88 bits per heavy atom. The molecule has 0 aliphatic heterocycles. The topological polar surface area (TPSA) is 0 Å². The van der Waals surface area contributed by atoms with Crippen molar-refractivity contribution >= 4 is 32.6 Å². The molecule has 3 aromatic rings. The highest BCUT2D eigenvalue weighted by Gasteiger charge is 2.26. The van der Waals surface area contributed by atoms with Crippen molar-refractivity contribution in [3.63, 3.8) is 0 Å². The number of benzene rings is 3. The molecule has 0 aromatic heterocycles. The molecule has 0 saturated heterocycles. The first-order chi connectivity index (χ1) is 15.1. The number of fused-ring (bicyclic) bond motifs is 1. The van der Waals surface area contributed by atoms with Crippen molar-refractivity contribution in [2.75, 3.05) is 0 Å². The van der Waals surface area contributed by atoms with Crippen LogP contribution >= 0.6 is 0 Å². The van der Waals surface area contributed by atoms with Gasteiger partial charge in [-0.25, -0.2) is 0 Å². The van der Waals surface area contributed by atoms with Crippen molar-refractivity contribution < 1.29 is 0 Å². The third kappa shape index (κ3) is 4.62. The van der Waals surface area contributed by atoms with Gasteiger partial charge in [-0.15, -0.1) is 0 Å². The predicted octanol–water partition coefficient (Wildman–Crippen LogP) is 7.86. The number of rotatable bonds is 6. The fourth-order valence-corrected chi connectivity index (χ4v) is 7.08. The molecule has 0 saturated carbocycles. The van der Waals surface area contributed by atoms with E-state index in [1.54, 1.807) is 10.4 Å². The van der Waals surface area contributed by atoms with Crippen molar-refractivity contribution in [1.29, 1.82) is 0 Å². The second-order valence-electron chi connectivity index (χ2n) is 11.3. The Labute approximate surface area is 197 Å². The van der Waals surface area contributed by atoms with Gasteiger partial charge in [0.05, 0.1) is 16.1 Å². The third-order valence-corrected chi connectivity index (χ3v) is 10.6. The van der Waals surface area contributed by atoms with Gasteiger partial charge >= 0.3 is 0 Å². The summed E-state index contributed by atoms with van der Waals surface area (Å²) in [6.07, 6.45) is 7.18. The lowest BCUT2D eigenvalue weighted by atomic mass is 9.89. The highest BCUT2D eigenvalue weighted by Crippen LogP contribution is 2.42. The average Bonchev–Trinajstić information content (AvgIpc) is 3.15. The Hall–Kier alpha value is -2.17. The quantitative estimate of drug-likeness (QED) is 0.333. The molecular formula is C30H37Si2. The lowest BCUT2D eigenvalue weighted by molar-refractivity contribution is 0.924. The summed E-state index contributed by atoms with van der Waals surface area (Å²) in [7, 11) is -2.91. The summed E-state index contributed by atoms with van der Waals surface area (Å²) in [5.74, 6) is 0. The van der Waals surface area contributed by atoms with Crippen LogP contribution in [0.15, 0.2) is 66.2 Å². The van der Waals surface area contributed by atoms with Crippen LogP contribution in [0.1, 0.15) is 30.9 Å². The average molecular weight is 454 g/mol. The minimum absolute atomic E-state index is 1.14. The summed E-state index contributed by atoms with van der Waals surface area (Å²) in [6, 6.07) is 23.2. The van der Waals surface area contributed by atoms with Gasteiger partial charge in [0.2, 0.25) is 0 Å². The van der Waals surface area contributed by atoms with Crippen LogP contribution in [0.5, 0.6) is 0 Å². The Kier molecular flexibility index (Phi) is 6.22. The van der Waals surface area contributed by atoms with Crippen molar-refractivity contribution in [1.82, 2.24) is 0 Å². The van der Waals surface area contributed by atoms with Gasteiger partial charge in [-0.05, 0) is 39.8 Å². The van der Waals surface area contributed by atoms with Crippen LogP contribution in [-0.4, -0.2) is 16.1 Å². The summed E-state index contributed by atoms with van der Waals surface area (Å²) in [5.41, 5.74) is 9.70. The third-order valence-electron chi connectivity index (χ3n) is 6.53. The first-order valence-corrected chi connectivity index (χ1v) is 19.0. The monoisotopic (exact) mass is 453 g/mol. The molecule has 1 aliphatic rings. The molecule has 3 aromatic carbocycles. The zero-order chi connectivity index (χ0) is 23.1. The van der Waals surface area contributed by atoms with Gasteiger partial charge in [0.25, 0.3) is 0 Å². The molecule has 0 atom stereocenters. The van der Waals surface area contributed by atoms with Gasteiger partial charge in [0, 0.05) is 6.42 Å². The van der Waals surface area contributed by atoms with E-state index >= 15 is 0 Å².